The Labute approximate surface area is 188 Å². The molecule has 32 heavy (non-hydrogen) atoms. The molecule has 4 aromatic rings. The smallest absolute Gasteiger partial charge is 0.137 e. The summed E-state index contributed by atoms with van der Waals surface area (Å²) in [6.45, 7) is 6.27. The lowest BCUT2D eigenvalue weighted by atomic mass is 10.1. The van der Waals surface area contributed by atoms with Gasteiger partial charge in [0.15, 0.2) is 0 Å². The summed E-state index contributed by atoms with van der Waals surface area (Å²) in [5.74, 6) is 2.31. The highest BCUT2D eigenvalue weighted by Crippen LogP contribution is 2.27. The van der Waals surface area contributed by atoms with Crippen LogP contribution in [-0.2, 0) is 0 Å². The average Bonchev–Trinajstić information content (AvgIpc) is 2.85. The van der Waals surface area contributed by atoms with Gasteiger partial charge in [-0.1, -0.05) is 0 Å². The minimum Gasteiger partial charge on any atom is -0.497 e. The molecule has 0 bridgehead atoms. The van der Waals surface area contributed by atoms with E-state index in [2.05, 4.69) is 43.0 Å². The van der Waals surface area contributed by atoms with Crippen molar-refractivity contribution in [1.82, 2.24) is 0 Å². The Kier molecular flexibility index (Phi) is 6.45. The van der Waals surface area contributed by atoms with E-state index in [1.54, 1.807) is 14.2 Å². The molecule has 0 saturated heterocycles. The second kappa shape index (κ2) is 9.60. The molecule has 1 aromatic heterocycles. The molecule has 0 radical (unpaired) electrons. The van der Waals surface area contributed by atoms with E-state index in [1.165, 1.54) is 5.69 Å². The number of nitrogens with zero attached hydrogens (tertiary/aromatic N) is 2. The van der Waals surface area contributed by atoms with E-state index in [0.717, 1.165) is 57.9 Å². The van der Waals surface area contributed by atoms with E-state index in [0.29, 0.717) is 0 Å². The molecule has 0 amide bonds. The van der Waals surface area contributed by atoms with E-state index >= 15 is 0 Å². The van der Waals surface area contributed by atoms with Crippen molar-refractivity contribution in [2.24, 2.45) is 4.99 Å². The third-order valence-electron chi connectivity index (χ3n) is 5.55. The maximum absolute atomic E-state index is 6.22. The van der Waals surface area contributed by atoms with Crippen LogP contribution < -0.4 is 19.7 Å². The van der Waals surface area contributed by atoms with Crippen LogP contribution in [0.15, 0.2) is 82.2 Å². The molecule has 1 heterocycles. The first-order valence-electron chi connectivity index (χ1n) is 10.8. The van der Waals surface area contributed by atoms with Crippen molar-refractivity contribution in [2.75, 3.05) is 32.2 Å². The van der Waals surface area contributed by atoms with E-state index in [-0.39, 0.29) is 0 Å². The number of hydrogen-bond acceptors (Lipinski definition) is 5. The summed E-state index contributed by atoms with van der Waals surface area (Å²) in [5.41, 5.74) is 3.79. The van der Waals surface area contributed by atoms with Crippen LogP contribution in [0.2, 0.25) is 0 Å². The molecule has 5 heteroatoms. The predicted octanol–water partition coefficient (Wildman–Crippen LogP) is 6.20. The Morgan fingerprint density at radius 1 is 0.781 bits per heavy atom. The molecular formula is C27H28N2O3. The van der Waals surface area contributed by atoms with Gasteiger partial charge >= 0.3 is 0 Å². The highest BCUT2D eigenvalue weighted by Gasteiger charge is 2.08. The van der Waals surface area contributed by atoms with Gasteiger partial charge in [-0.05, 0) is 80.6 Å². The van der Waals surface area contributed by atoms with Crippen LogP contribution in [0.25, 0.3) is 22.3 Å². The number of anilines is 1. The van der Waals surface area contributed by atoms with Crippen molar-refractivity contribution in [1.29, 1.82) is 0 Å². The Morgan fingerprint density at radius 2 is 1.44 bits per heavy atom. The summed E-state index contributed by atoms with van der Waals surface area (Å²) in [6, 6.07) is 23.9. The molecule has 0 fully saturated rings. The van der Waals surface area contributed by atoms with Gasteiger partial charge in [0.2, 0.25) is 0 Å². The molecule has 4 rings (SSSR count). The highest BCUT2D eigenvalue weighted by molar-refractivity contribution is 5.80. The van der Waals surface area contributed by atoms with E-state index in [1.807, 2.05) is 48.5 Å². The standard InChI is InChI=1S/C27H28N2O3/c1-5-29(6-2)21-11-9-20(10-12-21)28-25-18-27(19-7-13-22(30-3)14-8-19)32-26-16-15-23(31-4)17-24(25)26/h7-18H,5-6H2,1-4H3. The molecule has 0 spiro atoms. The fraction of sp³-hybridized carbons (Fsp3) is 0.222. The van der Waals surface area contributed by atoms with Gasteiger partial charge in [0.25, 0.3) is 0 Å². The third kappa shape index (κ3) is 4.47. The predicted molar refractivity (Wildman–Crippen MR) is 130 cm³/mol. The maximum atomic E-state index is 6.22. The maximum Gasteiger partial charge on any atom is 0.137 e. The quantitative estimate of drug-likeness (QED) is 0.352. The summed E-state index contributed by atoms with van der Waals surface area (Å²) in [4.78, 5) is 7.27. The number of hydrogen-bond donors (Lipinski definition) is 0. The fourth-order valence-electron chi connectivity index (χ4n) is 3.73. The Balaban J connectivity index is 1.85. The summed E-state index contributed by atoms with van der Waals surface area (Å²) in [6.07, 6.45) is 0. The fourth-order valence-corrected chi connectivity index (χ4v) is 3.73. The zero-order chi connectivity index (χ0) is 22.5. The summed E-state index contributed by atoms with van der Waals surface area (Å²) >= 11 is 0. The van der Waals surface area contributed by atoms with Crippen molar-refractivity contribution < 1.29 is 13.9 Å². The molecule has 0 saturated carbocycles. The van der Waals surface area contributed by atoms with E-state index in [4.69, 9.17) is 18.9 Å². The van der Waals surface area contributed by atoms with Crippen LogP contribution in [0.5, 0.6) is 11.5 Å². The summed E-state index contributed by atoms with van der Waals surface area (Å²) < 4.78 is 16.9. The summed E-state index contributed by atoms with van der Waals surface area (Å²) in [5, 5.41) is 1.72. The normalized spacial score (nSPS) is 11.6. The topological polar surface area (TPSA) is 47.2 Å². The van der Waals surface area contributed by atoms with Crippen molar-refractivity contribution in [3.05, 3.63) is 78.2 Å². The monoisotopic (exact) mass is 428 g/mol. The van der Waals surface area contributed by atoms with Crippen LogP contribution in [0.3, 0.4) is 0 Å². The third-order valence-corrected chi connectivity index (χ3v) is 5.55. The average molecular weight is 429 g/mol. The van der Waals surface area contributed by atoms with Gasteiger partial charge in [-0.25, -0.2) is 4.99 Å². The van der Waals surface area contributed by atoms with Gasteiger partial charge in [-0.3, -0.25) is 0 Å². The lowest BCUT2D eigenvalue weighted by Crippen LogP contribution is -2.21. The van der Waals surface area contributed by atoms with Gasteiger partial charge < -0.3 is 18.8 Å². The van der Waals surface area contributed by atoms with Gasteiger partial charge in [0, 0.05) is 35.8 Å². The van der Waals surface area contributed by atoms with Crippen molar-refractivity contribution in [3.8, 4) is 22.8 Å². The lowest BCUT2D eigenvalue weighted by Gasteiger charge is -2.20. The molecule has 164 valence electrons. The first-order chi connectivity index (χ1) is 15.6. The highest BCUT2D eigenvalue weighted by atomic mass is 16.5. The van der Waals surface area contributed by atoms with E-state index in [9.17, 15) is 0 Å². The zero-order valence-electron chi connectivity index (χ0n) is 19.0. The minimum absolute atomic E-state index is 0.740. The van der Waals surface area contributed by atoms with Crippen LogP contribution >= 0.6 is 0 Å². The van der Waals surface area contributed by atoms with Gasteiger partial charge in [-0.15, -0.1) is 0 Å². The van der Waals surface area contributed by atoms with Crippen LogP contribution in [0.1, 0.15) is 13.8 Å². The number of methoxy groups -OCH3 is 2. The van der Waals surface area contributed by atoms with Crippen LogP contribution in [0, 0.1) is 0 Å². The number of benzene rings is 3. The van der Waals surface area contributed by atoms with E-state index < -0.39 is 0 Å². The number of ether oxygens (including phenoxy) is 2. The molecule has 0 N–H and O–H groups in total. The molecular weight excluding hydrogens is 400 g/mol. The Morgan fingerprint density at radius 3 is 2.06 bits per heavy atom. The van der Waals surface area contributed by atoms with Gasteiger partial charge in [0.1, 0.15) is 22.8 Å². The van der Waals surface area contributed by atoms with Crippen LogP contribution in [-0.4, -0.2) is 27.3 Å². The zero-order valence-corrected chi connectivity index (χ0v) is 19.0. The van der Waals surface area contributed by atoms with Gasteiger partial charge in [0.05, 0.1) is 25.3 Å². The first-order valence-corrected chi connectivity index (χ1v) is 10.8. The molecule has 0 atom stereocenters. The van der Waals surface area contributed by atoms with Crippen LogP contribution in [0.4, 0.5) is 11.4 Å². The molecule has 0 unspecified atom stereocenters. The SMILES string of the molecule is CCN(CC)c1ccc(N=c2cc(-c3ccc(OC)cc3)oc3ccc(OC)cc23)cc1. The van der Waals surface area contributed by atoms with Gasteiger partial charge in [-0.2, -0.15) is 0 Å². The van der Waals surface area contributed by atoms with Crippen molar-refractivity contribution in [2.45, 2.75) is 13.8 Å². The number of fused-ring (bicyclic) bond motifs is 1. The summed E-state index contributed by atoms with van der Waals surface area (Å²) in [7, 11) is 3.32. The minimum atomic E-state index is 0.740. The molecule has 5 nitrogen and oxygen atoms in total. The second-order valence-electron chi connectivity index (χ2n) is 7.39. The first kappa shape index (κ1) is 21.5. The lowest BCUT2D eigenvalue weighted by molar-refractivity contribution is 0.414. The Hall–Kier alpha value is -3.73. The van der Waals surface area contributed by atoms with Crippen molar-refractivity contribution >= 4 is 22.3 Å². The second-order valence-corrected chi connectivity index (χ2v) is 7.39. The number of rotatable bonds is 7. The van der Waals surface area contributed by atoms with Crippen molar-refractivity contribution in [3.63, 3.8) is 0 Å². The molecule has 0 aliphatic carbocycles. The largest absolute Gasteiger partial charge is 0.497 e. The Bertz CT molecular complexity index is 1260. The molecule has 0 aliphatic rings. The molecule has 3 aromatic carbocycles. The molecule has 0 aliphatic heterocycles.